The average Bonchev–Trinajstić information content (AvgIpc) is 2.29. The van der Waals surface area contributed by atoms with Crippen LogP contribution in [0.5, 0.6) is 0 Å². The molecular formula is C9H14N4O3S. The fourth-order valence-corrected chi connectivity index (χ4v) is 1.71. The van der Waals surface area contributed by atoms with Gasteiger partial charge in [-0.25, -0.2) is 9.78 Å². The zero-order valence-electron chi connectivity index (χ0n) is 9.81. The number of hydrogen-bond acceptors (Lipinski definition) is 6. The Labute approximate surface area is 102 Å². The van der Waals surface area contributed by atoms with Gasteiger partial charge in [0.05, 0.1) is 6.61 Å². The number of amides is 1. The number of nitrogens with two attached hydrogens (primary N) is 1. The number of aromatic nitrogens is 2. The van der Waals surface area contributed by atoms with E-state index in [0.717, 1.165) is 0 Å². The van der Waals surface area contributed by atoms with Crippen molar-refractivity contribution in [2.75, 3.05) is 23.9 Å². The zero-order valence-corrected chi connectivity index (χ0v) is 10.6. The number of hydrogen-bond donors (Lipinski definition) is 2. The van der Waals surface area contributed by atoms with Gasteiger partial charge in [-0.05, 0) is 13.2 Å². The van der Waals surface area contributed by atoms with Crippen LogP contribution in [0.1, 0.15) is 6.92 Å². The summed E-state index contributed by atoms with van der Waals surface area (Å²) < 4.78 is 5.97. The molecule has 0 aliphatic carbocycles. The van der Waals surface area contributed by atoms with E-state index in [1.807, 2.05) is 0 Å². The fourth-order valence-electron chi connectivity index (χ4n) is 1.17. The highest BCUT2D eigenvalue weighted by Gasteiger charge is 2.14. The standard InChI is InChI=1S/C9H14N4O3S/c1-4-16-9(15)11-5-6(10)12-8(17-3)13(2)7(5)14/h4,10H2,1-3H3,(H,11,15). The maximum absolute atomic E-state index is 11.9. The molecule has 1 aromatic rings. The molecule has 0 bridgehead atoms. The summed E-state index contributed by atoms with van der Waals surface area (Å²) in [6.07, 6.45) is 1.05. The number of rotatable bonds is 3. The van der Waals surface area contributed by atoms with Gasteiger partial charge in [0, 0.05) is 7.05 Å². The minimum absolute atomic E-state index is 0.0227. The average molecular weight is 258 g/mol. The Bertz CT molecular complexity index is 486. The minimum atomic E-state index is -0.727. The number of anilines is 2. The van der Waals surface area contributed by atoms with Crippen molar-refractivity contribution in [1.29, 1.82) is 0 Å². The highest BCUT2D eigenvalue weighted by Crippen LogP contribution is 2.16. The van der Waals surface area contributed by atoms with Gasteiger partial charge >= 0.3 is 6.09 Å². The van der Waals surface area contributed by atoms with Crippen molar-refractivity contribution in [3.63, 3.8) is 0 Å². The molecule has 3 N–H and O–H groups in total. The largest absolute Gasteiger partial charge is 0.450 e. The third kappa shape index (κ3) is 2.90. The van der Waals surface area contributed by atoms with E-state index in [-0.39, 0.29) is 18.1 Å². The predicted molar refractivity (Wildman–Crippen MR) is 66.3 cm³/mol. The summed E-state index contributed by atoms with van der Waals surface area (Å²) in [6.45, 7) is 1.87. The Balaban J connectivity index is 3.13. The Kier molecular flexibility index (Phi) is 4.38. The van der Waals surface area contributed by atoms with Crippen molar-refractivity contribution >= 4 is 29.4 Å². The van der Waals surface area contributed by atoms with E-state index < -0.39 is 11.7 Å². The molecule has 0 fully saturated rings. The first-order valence-corrected chi connectivity index (χ1v) is 6.08. The fraction of sp³-hybridized carbons (Fsp3) is 0.444. The quantitative estimate of drug-likeness (QED) is 0.610. The lowest BCUT2D eigenvalue weighted by Gasteiger charge is -2.10. The van der Waals surface area contributed by atoms with E-state index >= 15 is 0 Å². The molecule has 1 amide bonds. The number of nitrogens with zero attached hydrogens (tertiary/aromatic N) is 2. The van der Waals surface area contributed by atoms with Crippen molar-refractivity contribution in [1.82, 2.24) is 9.55 Å². The lowest BCUT2D eigenvalue weighted by atomic mass is 10.4. The second-order valence-corrected chi connectivity index (χ2v) is 3.84. The first kappa shape index (κ1) is 13.4. The molecule has 1 heterocycles. The molecule has 0 saturated carbocycles. The van der Waals surface area contributed by atoms with E-state index in [9.17, 15) is 9.59 Å². The van der Waals surface area contributed by atoms with E-state index in [0.29, 0.717) is 5.16 Å². The smallest absolute Gasteiger partial charge is 0.411 e. The molecule has 0 spiro atoms. The molecule has 1 aromatic heterocycles. The van der Waals surface area contributed by atoms with Crippen LogP contribution >= 0.6 is 11.8 Å². The number of ether oxygens (including phenoxy) is 1. The van der Waals surface area contributed by atoms with Gasteiger partial charge in [0.1, 0.15) is 0 Å². The van der Waals surface area contributed by atoms with Crippen molar-refractivity contribution in [3.8, 4) is 0 Å². The van der Waals surface area contributed by atoms with Gasteiger partial charge in [-0.1, -0.05) is 11.8 Å². The Hall–Kier alpha value is -1.70. The summed E-state index contributed by atoms with van der Waals surface area (Å²) >= 11 is 1.29. The van der Waals surface area contributed by atoms with Gasteiger partial charge in [-0.2, -0.15) is 0 Å². The Morgan fingerprint density at radius 3 is 2.82 bits per heavy atom. The van der Waals surface area contributed by atoms with Crippen molar-refractivity contribution in [2.45, 2.75) is 12.1 Å². The van der Waals surface area contributed by atoms with Crippen LogP contribution in [0.25, 0.3) is 0 Å². The highest BCUT2D eigenvalue weighted by molar-refractivity contribution is 7.98. The molecule has 1 rings (SSSR count). The summed E-state index contributed by atoms with van der Waals surface area (Å²) in [6, 6.07) is 0. The van der Waals surface area contributed by atoms with Gasteiger partial charge in [-0.3, -0.25) is 14.7 Å². The van der Waals surface area contributed by atoms with Gasteiger partial charge in [-0.15, -0.1) is 0 Å². The number of nitrogen functional groups attached to an aromatic ring is 1. The third-order valence-electron chi connectivity index (χ3n) is 1.96. The molecule has 8 heteroatoms. The van der Waals surface area contributed by atoms with Crippen LogP contribution in [0.4, 0.5) is 16.3 Å². The summed E-state index contributed by atoms with van der Waals surface area (Å²) in [5.41, 5.74) is 5.12. The van der Waals surface area contributed by atoms with Gasteiger partial charge in [0.15, 0.2) is 16.7 Å². The molecular weight excluding hydrogens is 244 g/mol. The summed E-state index contributed by atoms with van der Waals surface area (Å²) in [4.78, 5) is 27.1. The first-order valence-electron chi connectivity index (χ1n) is 4.85. The van der Waals surface area contributed by atoms with Crippen LogP contribution in [-0.4, -0.2) is 28.5 Å². The van der Waals surface area contributed by atoms with Gasteiger partial charge < -0.3 is 10.5 Å². The van der Waals surface area contributed by atoms with Crippen LogP contribution in [0.15, 0.2) is 9.95 Å². The summed E-state index contributed by atoms with van der Waals surface area (Å²) in [7, 11) is 1.55. The second-order valence-electron chi connectivity index (χ2n) is 3.07. The molecule has 17 heavy (non-hydrogen) atoms. The van der Waals surface area contributed by atoms with Gasteiger partial charge in [0.25, 0.3) is 5.56 Å². The number of carbonyl (C=O) groups is 1. The lowest BCUT2D eigenvalue weighted by molar-refractivity contribution is 0.168. The maximum Gasteiger partial charge on any atom is 0.411 e. The zero-order chi connectivity index (χ0) is 13.0. The van der Waals surface area contributed by atoms with Crippen molar-refractivity contribution < 1.29 is 9.53 Å². The Morgan fingerprint density at radius 1 is 1.65 bits per heavy atom. The lowest BCUT2D eigenvalue weighted by Crippen LogP contribution is -2.28. The van der Waals surface area contributed by atoms with Crippen molar-refractivity contribution in [2.24, 2.45) is 7.05 Å². The predicted octanol–water partition coefficient (Wildman–Crippen LogP) is 0.653. The second kappa shape index (κ2) is 5.58. The first-order chi connectivity index (χ1) is 8.01. The normalized spacial score (nSPS) is 10.1. The number of carbonyl (C=O) groups excluding carboxylic acids is 1. The van der Waals surface area contributed by atoms with Crippen LogP contribution in [0.2, 0.25) is 0 Å². The molecule has 0 aliphatic rings. The summed E-state index contributed by atoms with van der Waals surface area (Å²) in [5.74, 6) is -0.0227. The van der Waals surface area contributed by atoms with E-state index in [2.05, 4.69) is 15.0 Å². The highest BCUT2D eigenvalue weighted by atomic mass is 32.2. The van der Waals surface area contributed by atoms with Crippen LogP contribution in [0, 0.1) is 0 Å². The molecule has 0 aliphatic heterocycles. The topological polar surface area (TPSA) is 99.2 Å². The van der Waals surface area contributed by atoms with E-state index in [1.165, 1.54) is 16.3 Å². The monoisotopic (exact) mass is 258 g/mol. The number of nitrogens with one attached hydrogen (secondary N) is 1. The van der Waals surface area contributed by atoms with Crippen LogP contribution in [-0.2, 0) is 11.8 Å². The number of thioether (sulfide) groups is 1. The van der Waals surface area contributed by atoms with E-state index in [4.69, 9.17) is 5.73 Å². The molecule has 0 unspecified atom stereocenters. The molecule has 0 aromatic carbocycles. The Morgan fingerprint density at radius 2 is 2.29 bits per heavy atom. The molecule has 0 saturated heterocycles. The molecule has 0 radical (unpaired) electrons. The SMILES string of the molecule is CCOC(=O)Nc1c(N)nc(SC)n(C)c1=O. The van der Waals surface area contributed by atoms with E-state index in [1.54, 1.807) is 20.2 Å². The molecule has 94 valence electrons. The minimum Gasteiger partial charge on any atom is -0.450 e. The third-order valence-corrected chi connectivity index (χ3v) is 2.69. The maximum atomic E-state index is 11.9. The molecule has 0 atom stereocenters. The van der Waals surface area contributed by atoms with Crippen molar-refractivity contribution in [3.05, 3.63) is 10.4 Å². The summed E-state index contributed by atoms with van der Waals surface area (Å²) in [5, 5.41) is 2.75. The van der Waals surface area contributed by atoms with Crippen LogP contribution < -0.4 is 16.6 Å². The van der Waals surface area contributed by atoms with Gasteiger partial charge in [0.2, 0.25) is 0 Å². The van der Waals surface area contributed by atoms with Crippen LogP contribution in [0.3, 0.4) is 0 Å². The molecule has 7 nitrogen and oxygen atoms in total.